The molecule has 0 aliphatic carbocycles. The van der Waals surface area contributed by atoms with Crippen molar-refractivity contribution >= 4 is 5.97 Å². The Morgan fingerprint density at radius 1 is 1.19 bits per heavy atom. The van der Waals surface area contributed by atoms with E-state index in [9.17, 15) is 4.79 Å². The second-order valence-electron chi connectivity index (χ2n) is 4.75. The molecule has 2 aromatic carbocycles. The number of aromatic carboxylic acids is 1. The van der Waals surface area contributed by atoms with Gasteiger partial charge < -0.3 is 19.3 Å². The first-order valence-electron chi connectivity index (χ1n) is 6.49. The molecule has 1 aliphatic rings. The highest BCUT2D eigenvalue weighted by Gasteiger charge is 2.14. The lowest BCUT2D eigenvalue weighted by molar-refractivity contribution is 0.0696. The summed E-state index contributed by atoms with van der Waals surface area (Å²) in [5.74, 6) is 1.14. The summed E-state index contributed by atoms with van der Waals surface area (Å²) in [5, 5.41) is 8.94. The highest BCUT2D eigenvalue weighted by Crippen LogP contribution is 2.35. The van der Waals surface area contributed by atoms with Crippen LogP contribution in [0, 0.1) is 6.92 Å². The predicted molar refractivity (Wildman–Crippen MR) is 75.0 cm³/mol. The molecule has 1 aliphatic heterocycles. The third-order valence-corrected chi connectivity index (χ3v) is 3.33. The van der Waals surface area contributed by atoms with Gasteiger partial charge in [-0.2, -0.15) is 0 Å². The van der Waals surface area contributed by atoms with Crippen molar-refractivity contribution in [3.8, 4) is 17.2 Å². The van der Waals surface area contributed by atoms with Gasteiger partial charge in [0.1, 0.15) is 12.4 Å². The smallest absolute Gasteiger partial charge is 0.335 e. The van der Waals surface area contributed by atoms with Crippen molar-refractivity contribution in [2.75, 3.05) is 6.79 Å². The molecule has 0 fully saturated rings. The molecule has 21 heavy (non-hydrogen) atoms. The summed E-state index contributed by atoms with van der Waals surface area (Å²) in [6.45, 7) is 2.46. The molecule has 0 aromatic heterocycles. The highest BCUT2D eigenvalue weighted by molar-refractivity contribution is 5.87. The molecule has 5 heteroatoms. The molecule has 3 rings (SSSR count). The molecular formula is C16H14O5. The second-order valence-corrected chi connectivity index (χ2v) is 4.75. The summed E-state index contributed by atoms with van der Waals surface area (Å²) in [5.41, 5.74) is 2.10. The predicted octanol–water partition coefficient (Wildman–Crippen LogP) is 3.00. The fraction of sp³-hybridized carbons (Fsp3) is 0.188. The minimum Gasteiger partial charge on any atom is -0.489 e. The van der Waals surface area contributed by atoms with Crippen molar-refractivity contribution in [1.82, 2.24) is 0 Å². The third-order valence-electron chi connectivity index (χ3n) is 3.33. The Kier molecular flexibility index (Phi) is 3.39. The first kappa shape index (κ1) is 13.3. The van der Waals surface area contributed by atoms with Crippen molar-refractivity contribution in [3.05, 3.63) is 53.1 Å². The maximum Gasteiger partial charge on any atom is 0.335 e. The lowest BCUT2D eigenvalue weighted by Gasteiger charge is -2.10. The summed E-state index contributed by atoms with van der Waals surface area (Å²) in [6, 6.07) is 10.4. The molecule has 0 saturated heterocycles. The molecule has 1 N–H and O–H groups in total. The van der Waals surface area contributed by atoms with E-state index in [4.69, 9.17) is 19.3 Å². The zero-order chi connectivity index (χ0) is 14.8. The minimum absolute atomic E-state index is 0.231. The van der Waals surface area contributed by atoms with Crippen LogP contribution >= 0.6 is 0 Å². The van der Waals surface area contributed by atoms with Gasteiger partial charge in [-0.3, -0.25) is 0 Å². The van der Waals surface area contributed by atoms with Gasteiger partial charge in [0, 0.05) is 6.07 Å². The van der Waals surface area contributed by atoms with Gasteiger partial charge in [0.15, 0.2) is 11.5 Å². The Labute approximate surface area is 121 Å². The van der Waals surface area contributed by atoms with Gasteiger partial charge >= 0.3 is 5.97 Å². The Bertz CT molecular complexity index is 693. The molecule has 0 atom stereocenters. The van der Waals surface area contributed by atoms with Crippen LogP contribution in [0.3, 0.4) is 0 Å². The maximum absolute atomic E-state index is 10.9. The van der Waals surface area contributed by atoms with Crippen molar-refractivity contribution in [2.45, 2.75) is 13.5 Å². The van der Waals surface area contributed by atoms with Gasteiger partial charge in [-0.05, 0) is 42.3 Å². The SMILES string of the molecule is Cc1cc(C(=O)O)ccc1COc1ccc2c(c1)OCO2. The molecule has 0 bridgehead atoms. The van der Waals surface area contributed by atoms with E-state index in [1.54, 1.807) is 30.3 Å². The molecule has 1 heterocycles. The lowest BCUT2D eigenvalue weighted by Crippen LogP contribution is -2.01. The number of hydrogen-bond acceptors (Lipinski definition) is 4. The first-order chi connectivity index (χ1) is 10.1. The fourth-order valence-electron chi connectivity index (χ4n) is 2.12. The molecule has 0 spiro atoms. The van der Waals surface area contributed by atoms with Crippen molar-refractivity contribution in [3.63, 3.8) is 0 Å². The summed E-state index contributed by atoms with van der Waals surface area (Å²) < 4.78 is 16.2. The van der Waals surface area contributed by atoms with E-state index >= 15 is 0 Å². The van der Waals surface area contributed by atoms with Gasteiger partial charge in [0.05, 0.1) is 5.56 Å². The van der Waals surface area contributed by atoms with E-state index in [-0.39, 0.29) is 12.4 Å². The number of carboxylic acid groups (broad SMARTS) is 1. The number of benzene rings is 2. The zero-order valence-corrected chi connectivity index (χ0v) is 11.5. The van der Waals surface area contributed by atoms with Crippen molar-refractivity contribution in [2.24, 2.45) is 0 Å². The average molecular weight is 286 g/mol. The molecule has 0 unspecified atom stereocenters. The van der Waals surface area contributed by atoms with Crippen LogP contribution in [-0.4, -0.2) is 17.9 Å². The third kappa shape index (κ3) is 2.76. The molecule has 2 aromatic rings. The Morgan fingerprint density at radius 2 is 2.00 bits per heavy atom. The maximum atomic E-state index is 10.9. The van der Waals surface area contributed by atoms with Crippen LogP contribution in [0.25, 0.3) is 0 Å². The number of carbonyl (C=O) groups is 1. The first-order valence-corrected chi connectivity index (χ1v) is 6.49. The summed E-state index contributed by atoms with van der Waals surface area (Å²) in [7, 11) is 0. The fourth-order valence-corrected chi connectivity index (χ4v) is 2.12. The van der Waals surface area contributed by atoms with E-state index in [1.807, 2.05) is 13.0 Å². The van der Waals surface area contributed by atoms with Crippen LogP contribution < -0.4 is 14.2 Å². The zero-order valence-electron chi connectivity index (χ0n) is 11.5. The molecule has 0 amide bonds. The number of carboxylic acids is 1. The molecule has 108 valence electrons. The highest BCUT2D eigenvalue weighted by atomic mass is 16.7. The van der Waals surface area contributed by atoms with Crippen molar-refractivity contribution in [1.29, 1.82) is 0 Å². The number of fused-ring (bicyclic) bond motifs is 1. The molecule has 5 nitrogen and oxygen atoms in total. The van der Waals surface area contributed by atoms with Crippen LogP contribution in [0.5, 0.6) is 17.2 Å². The number of aryl methyl sites for hydroxylation is 1. The van der Waals surface area contributed by atoms with Gasteiger partial charge in [0.2, 0.25) is 6.79 Å². The summed E-state index contributed by atoms with van der Waals surface area (Å²) in [6.07, 6.45) is 0. The van der Waals surface area contributed by atoms with Gasteiger partial charge in [0.25, 0.3) is 0 Å². The Hall–Kier alpha value is -2.69. The topological polar surface area (TPSA) is 65.0 Å². The van der Waals surface area contributed by atoms with E-state index in [0.29, 0.717) is 23.9 Å². The minimum atomic E-state index is -0.929. The molecule has 0 saturated carbocycles. The van der Waals surface area contributed by atoms with Crippen LogP contribution in [0.1, 0.15) is 21.5 Å². The largest absolute Gasteiger partial charge is 0.489 e. The molecule has 0 radical (unpaired) electrons. The Morgan fingerprint density at radius 3 is 2.76 bits per heavy atom. The molecular weight excluding hydrogens is 272 g/mol. The summed E-state index contributed by atoms with van der Waals surface area (Å²) >= 11 is 0. The second kappa shape index (κ2) is 5.36. The number of rotatable bonds is 4. The Balaban J connectivity index is 1.71. The van der Waals surface area contributed by atoms with E-state index in [0.717, 1.165) is 11.1 Å². The van der Waals surface area contributed by atoms with Gasteiger partial charge in [-0.25, -0.2) is 4.79 Å². The van der Waals surface area contributed by atoms with Crippen LogP contribution in [0.4, 0.5) is 0 Å². The van der Waals surface area contributed by atoms with Crippen molar-refractivity contribution < 1.29 is 24.1 Å². The average Bonchev–Trinajstić information content (AvgIpc) is 2.93. The monoisotopic (exact) mass is 286 g/mol. The standard InChI is InChI=1S/C16H14O5/c1-10-6-11(16(17)18)2-3-12(10)8-19-13-4-5-14-15(7-13)21-9-20-14/h2-7H,8-9H2,1H3,(H,17,18). The van der Waals surface area contributed by atoms with Gasteiger partial charge in [-0.1, -0.05) is 6.07 Å². The van der Waals surface area contributed by atoms with E-state index < -0.39 is 5.97 Å². The van der Waals surface area contributed by atoms with E-state index in [2.05, 4.69) is 0 Å². The summed E-state index contributed by atoms with van der Waals surface area (Å²) in [4.78, 5) is 10.9. The van der Waals surface area contributed by atoms with Crippen LogP contribution in [-0.2, 0) is 6.61 Å². The quantitative estimate of drug-likeness (QED) is 0.936. The number of ether oxygens (including phenoxy) is 3. The number of hydrogen-bond donors (Lipinski definition) is 1. The van der Waals surface area contributed by atoms with Crippen LogP contribution in [0.2, 0.25) is 0 Å². The van der Waals surface area contributed by atoms with Crippen LogP contribution in [0.15, 0.2) is 36.4 Å². The lowest BCUT2D eigenvalue weighted by atomic mass is 10.1. The van der Waals surface area contributed by atoms with E-state index in [1.165, 1.54) is 0 Å². The van der Waals surface area contributed by atoms with Gasteiger partial charge in [-0.15, -0.1) is 0 Å². The normalized spacial score (nSPS) is 12.2.